The lowest BCUT2D eigenvalue weighted by atomic mass is 9.96. The van der Waals surface area contributed by atoms with Gasteiger partial charge >= 0.3 is 0 Å². The summed E-state index contributed by atoms with van der Waals surface area (Å²) in [4.78, 5) is 24.5. The van der Waals surface area contributed by atoms with Crippen LogP contribution in [-0.4, -0.2) is 32.0 Å². The second-order valence-corrected chi connectivity index (χ2v) is 5.13. The van der Waals surface area contributed by atoms with E-state index in [1.165, 1.54) is 0 Å². The van der Waals surface area contributed by atoms with Gasteiger partial charge in [0.05, 0.1) is 6.07 Å². The minimum absolute atomic E-state index is 0.363. The molecule has 2 aromatic rings. The van der Waals surface area contributed by atoms with Crippen molar-refractivity contribution in [2.24, 2.45) is 5.92 Å². The SMILES string of the molecule is COCCCNC(=O)[C@H](C#N)C(=O)c1ccc2ccccc2c1. The number of Topliss-reactive ketones (excluding diaryl/α,β-unsaturated/α-hetero) is 1. The van der Waals surface area contributed by atoms with Gasteiger partial charge in [0, 0.05) is 25.8 Å². The highest BCUT2D eigenvalue weighted by atomic mass is 16.5. The van der Waals surface area contributed by atoms with Crippen molar-refractivity contribution >= 4 is 22.5 Å². The van der Waals surface area contributed by atoms with Gasteiger partial charge in [-0.15, -0.1) is 0 Å². The number of carbonyl (C=O) groups excluding carboxylic acids is 2. The van der Waals surface area contributed by atoms with Gasteiger partial charge in [-0.3, -0.25) is 9.59 Å². The summed E-state index contributed by atoms with van der Waals surface area (Å²) in [5, 5.41) is 13.7. The summed E-state index contributed by atoms with van der Waals surface area (Å²) in [6, 6.07) is 14.6. The molecule has 1 atom stereocenters. The van der Waals surface area contributed by atoms with E-state index in [1.54, 1.807) is 25.3 Å². The van der Waals surface area contributed by atoms with Crippen molar-refractivity contribution < 1.29 is 14.3 Å². The highest BCUT2D eigenvalue weighted by Crippen LogP contribution is 2.18. The third-order valence-corrected chi connectivity index (χ3v) is 3.51. The maximum atomic E-state index is 12.4. The van der Waals surface area contributed by atoms with Crippen LogP contribution in [0, 0.1) is 17.2 Å². The topological polar surface area (TPSA) is 79.2 Å². The molecule has 23 heavy (non-hydrogen) atoms. The van der Waals surface area contributed by atoms with Crippen LogP contribution in [0.5, 0.6) is 0 Å². The first kappa shape index (κ1) is 16.7. The lowest BCUT2D eigenvalue weighted by Crippen LogP contribution is -2.35. The first-order chi connectivity index (χ1) is 11.2. The number of benzene rings is 2. The summed E-state index contributed by atoms with van der Waals surface area (Å²) in [6.45, 7) is 0.881. The van der Waals surface area contributed by atoms with Crippen LogP contribution in [0.4, 0.5) is 0 Å². The number of nitriles is 1. The van der Waals surface area contributed by atoms with Crippen molar-refractivity contribution in [3.05, 3.63) is 48.0 Å². The molecule has 0 aliphatic rings. The molecule has 2 aromatic carbocycles. The minimum Gasteiger partial charge on any atom is -0.385 e. The van der Waals surface area contributed by atoms with E-state index in [0.29, 0.717) is 25.1 Å². The molecule has 0 fully saturated rings. The zero-order valence-corrected chi connectivity index (χ0v) is 12.9. The third kappa shape index (κ3) is 4.15. The zero-order valence-electron chi connectivity index (χ0n) is 12.9. The first-order valence-corrected chi connectivity index (χ1v) is 7.36. The second-order valence-electron chi connectivity index (χ2n) is 5.13. The predicted molar refractivity (Wildman–Crippen MR) is 86.9 cm³/mol. The van der Waals surface area contributed by atoms with Crippen molar-refractivity contribution in [3.63, 3.8) is 0 Å². The molecule has 0 aliphatic heterocycles. The van der Waals surface area contributed by atoms with E-state index in [2.05, 4.69) is 5.32 Å². The largest absolute Gasteiger partial charge is 0.385 e. The van der Waals surface area contributed by atoms with Gasteiger partial charge in [0.15, 0.2) is 11.7 Å². The summed E-state index contributed by atoms with van der Waals surface area (Å²) in [6.07, 6.45) is 0.630. The normalized spacial score (nSPS) is 11.7. The predicted octanol–water partition coefficient (Wildman–Crippen LogP) is 2.31. The van der Waals surface area contributed by atoms with Gasteiger partial charge < -0.3 is 10.1 Å². The summed E-state index contributed by atoms with van der Waals surface area (Å²) >= 11 is 0. The van der Waals surface area contributed by atoms with E-state index >= 15 is 0 Å². The van der Waals surface area contributed by atoms with Gasteiger partial charge in [-0.05, 0) is 23.3 Å². The number of amides is 1. The van der Waals surface area contributed by atoms with Crippen molar-refractivity contribution in [3.8, 4) is 6.07 Å². The number of ether oxygens (including phenoxy) is 1. The molecule has 0 aromatic heterocycles. The Morgan fingerprint density at radius 3 is 2.65 bits per heavy atom. The Balaban J connectivity index is 2.11. The van der Waals surface area contributed by atoms with Crippen LogP contribution in [0.1, 0.15) is 16.8 Å². The Kier molecular flexibility index (Phi) is 5.84. The quantitative estimate of drug-likeness (QED) is 0.483. The average molecular weight is 310 g/mol. The average Bonchev–Trinajstić information content (AvgIpc) is 2.59. The van der Waals surface area contributed by atoms with E-state index in [9.17, 15) is 14.9 Å². The molecular formula is C18H18N2O3. The number of ketones is 1. The van der Waals surface area contributed by atoms with Crippen molar-refractivity contribution in [2.75, 3.05) is 20.3 Å². The molecule has 0 radical (unpaired) electrons. The van der Waals surface area contributed by atoms with Gasteiger partial charge in [0.25, 0.3) is 0 Å². The van der Waals surface area contributed by atoms with Crippen LogP contribution in [0.3, 0.4) is 0 Å². The summed E-state index contributed by atoms with van der Waals surface area (Å²) in [7, 11) is 1.57. The summed E-state index contributed by atoms with van der Waals surface area (Å²) in [5.74, 6) is -2.39. The number of methoxy groups -OCH3 is 1. The fraction of sp³-hybridized carbons (Fsp3) is 0.278. The van der Waals surface area contributed by atoms with Gasteiger partial charge in [-0.25, -0.2) is 0 Å². The second kappa shape index (κ2) is 8.06. The molecule has 0 spiro atoms. The number of fused-ring (bicyclic) bond motifs is 1. The van der Waals surface area contributed by atoms with Crippen LogP contribution < -0.4 is 5.32 Å². The van der Waals surface area contributed by atoms with Gasteiger partial charge in [0.2, 0.25) is 5.91 Å². The van der Waals surface area contributed by atoms with Crippen LogP contribution in [0.2, 0.25) is 0 Å². The van der Waals surface area contributed by atoms with E-state index in [-0.39, 0.29) is 0 Å². The fourth-order valence-electron chi connectivity index (χ4n) is 2.28. The molecule has 0 bridgehead atoms. The monoisotopic (exact) mass is 310 g/mol. The number of hydrogen-bond donors (Lipinski definition) is 1. The molecule has 5 nitrogen and oxygen atoms in total. The number of nitrogens with one attached hydrogen (secondary N) is 1. The molecule has 0 heterocycles. The number of carbonyl (C=O) groups is 2. The number of nitrogens with zero attached hydrogens (tertiary/aromatic N) is 1. The molecule has 1 N–H and O–H groups in total. The molecular weight excluding hydrogens is 292 g/mol. The van der Waals surface area contributed by atoms with E-state index in [4.69, 9.17) is 4.74 Å². The fourth-order valence-corrected chi connectivity index (χ4v) is 2.28. The van der Waals surface area contributed by atoms with E-state index < -0.39 is 17.6 Å². The Morgan fingerprint density at radius 1 is 1.22 bits per heavy atom. The Bertz CT molecular complexity index is 749. The van der Waals surface area contributed by atoms with Crippen LogP contribution in [0.15, 0.2) is 42.5 Å². The van der Waals surface area contributed by atoms with Crippen LogP contribution in [0.25, 0.3) is 10.8 Å². The molecule has 0 aliphatic carbocycles. The Hall–Kier alpha value is -2.71. The molecule has 0 unspecified atom stereocenters. The third-order valence-electron chi connectivity index (χ3n) is 3.51. The lowest BCUT2D eigenvalue weighted by molar-refractivity contribution is -0.122. The molecule has 1 amide bonds. The van der Waals surface area contributed by atoms with Gasteiger partial charge in [0.1, 0.15) is 0 Å². The molecule has 2 rings (SSSR count). The number of hydrogen-bond acceptors (Lipinski definition) is 4. The van der Waals surface area contributed by atoms with Crippen molar-refractivity contribution in [2.45, 2.75) is 6.42 Å². The lowest BCUT2D eigenvalue weighted by Gasteiger charge is -2.10. The van der Waals surface area contributed by atoms with Crippen LogP contribution >= 0.6 is 0 Å². The molecule has 118 valence electrons. The highest BCUT2D eigenvalue weighted by Gasteiger charge is 2.27. The maximum Gasteiger partial charge on any atom is 0.245 e. The van der Waals surface area contributed by atoms with Crippen molar-refractivity contribution in [1.29, 1.82) is 5.26 Å². The highest BCUT2D eigenvalue weighted by molar-refractivity contribution is 6.13. The molecule has 5 heteroatoms. The van der Waals surface area contributed by atoms with Crippen LogP contribution in [-0.2, 0) is 9.53 Å². The van der Waals surface area contributed by atoms with E-state index in [0.717, 1.165) is 10.8 Å². The number of rotatable bonds is 7. The summed E-state index contributed by atoms with van der Waals surface area (Å²) < 4.78 is 4.88. The van der Waals surface area contributed by atoms with Gasteiger partial charge in [-0.1, -0.05) is 36.4 Å². The zero-order chi connectivity index (χ0) is 16.7. The smallest absolute Gasteiger partial charge is 0.245 e. The molecule has 0 saturated heterocycles. The standard InChI is InChI=1S/C18H18N2O3/c1-23-10-4-9-20-18(22)16(12-19)17(21)15-8-7-13-5-2-3-6-14(13)11-15/h2-3,5-8,11,16H,4,9-10H2,1H3,(H,20,22)/t16-/m1/s1. The maximum absolute atomic E-state index is 12.4. The minimum atomic E-state index is -1.33. The van der Waals surface area contributed by atoms with Gasteiger partial charge in [-0.2, -0.15) is 5.26 Å². The summed E-state index contributed by atoms with van der Waals surface area (Å²) in [5.41, 5.74) is 0.363. The van der Waals surface area contributed by atoms with Crippen molar-refractivity contribution in [1.82, 2.24) is 5.32 Å². The van der Waals surface area contributed by atoms with E-state index in [1.807, 2.05) is 30.3 Å². The first-order valence-electron chi connectivity index (χ1n) is 7.36. The molecule has 0 saturated carbocycles. The Labute approximate surface area is 134 Å². The Morgan fingerprint density at radius 2 is 1.96 bits per heavy atom.